The molecule has 2 saturated heterocycles. The van der Waals surface area contributed by atoms with Crippen molar-refractivity contribution in [3.63, 3.8) is 0 Å². The number of nitrogens with zero attached hydrogens (tertiary/aromatic N) is 1. The topological polar surface area (TPSA) is 42.0 Å². The summed E-state index contributed by atoms with van der Waals surface area (Å²) in [5.41, 5.74) is 1.66. The molecule has 1 N–H and O–H groups in total. The van der Waals surface area contributed by atoms with E-state index in [-0.39, 0.29) is 11.7 Å². The van der Waals surface area contributed by atoms with Crippen molar-refractivity contribution in [2.24, 2.45) is 5.92 Å². The molecule has 2 aliphatic rings. The van der Waals surface area contributed by atoms with E-state index < -0.39 is 0 Å². The van der Waals surface area contributed by atoms with Gasteiger partial charge in [0.1, 0.15) is 0 Å². The molecule has 4 rings (SSSR count). The minimum atomic E-state index is 0.161. The van der Waals surface area contributed by atoms with Gasteiger partial charge in [-0.1, -0.05) is 24.6 Å². The summed E-state index contributed by atoms with van der Waals surface area (Å²) in [5, 5.41) is 4.71. The van der Waals surface area contributed by atoms with Gasteiger partial charge in [0.05, 0.1) is 5.52 Å². The Hall–Kier alpha value is -1.74. The van der Waals surface area contributed by atoms with Crippen LogP contribution in [0.1, 0.15) is 42.5 Å². The summed E-state index contributed by atoms with van der Waals surface area (Å²) in [6.07, 6.45) is 7.48. The van der Waals surface area contributed by atoms with Crippen molar-refractivity contribution in [1.82, 2.24) is 10.3 Å². The van der Waals surface area contributed by atoms with Crippen LogP contribution >= 0.6 is 0 Å². The van der Waals surface area contributed by atoms with Crippen molar-refractivity contribution < 1.29 is 4.79 Å². The molecule has 2 atom stereocenters. The SMILES string of the molecule is O=C(c1cccc2cccnc12)C1CC2CCCC(C1)N2. The number of fused-ring (bicyclic) bond motifs is 3. The fraction of sp³-hybridized carbons (Fsp3) is 0.444. The first kappa shape index (κ1) is 13.0. The van der Waals surface area contributed by atoms with Crippen LogP contribution in [0.15, 0.2) is 36.5 Å². The number of Topliss-reactive ketones (excluding diaryl/α,β-unsaturated/α-hetero) is 1. The Balaban J connectivity index is 1.67. The normalized spacial score (nSPS) is 28.5. The first-order chi connectivity index (χ1) is 10.3. The molecule has 108 valence electrons. The Labute approximate surface area is 124 Å². The number of piperidine rings is 2. The zero-order valence-corrected chi connectivity index (χ0v) is 12.1. The van der Waals surface area contributed by atoms with Gasteiger partial charge < -0.3 is 5.32 Å². The van der Waals surface area contributed by atoms with Crippen LogP contribution in [0.25, 0.3) is 10.9 Å². The maximum Gasteiger partial charge on any atom is 0.168 e. The minimum Gasteiger partial charge on any atom is -0.311 e. The summed E-state index contributed by atoms with van der Waals surface area (Å²) in [7, 11) is 0. The molecule has 2 aromatic rings. The van der Waals surface area contributed by atoms with E-state index in [1.807, 2.05) is 30.3 Å². The van der Waals surface area contributed by atoms with Gasteiger partial charge >= 0.3 is 0 Å². The Kier molecular flexibility index (Phi) is 3.23. The summed E-state index contributed by atoms with van der Waals surface area (Å²) in [5.74, 6) is 0.451. The summed E-state index contributed by atoms with van der Waals surface area (Å²) >= 11 is 0. The van der Waals surface area contributed by atoms with Crippen molar-refractivity contribution in [1.29, 1.82) is 0 Å². The predicted molar refractivity (Wildman–Crippen MR) is 83.4 cm³/mol. The van der Waals surface area contributed by atoms with E-state index in [9.17, 15) is 4.79 Å². The number of hydrogen-bond acceptors (Lipinski definition) is 3. The Morgan fingerprint density at radius 1 is 1.10 bits per heavy atom. The molecule has 0 spiro atoms. The van der Waals surface area contributed by atoms with Crippen LogP contribution in [0, 0.1) is 5.92 Å². The number of carbonyl (C=O) groups is 1. The number of benzene rings is 1. The average molecular weight is 280 g/mol. The largest absolute Gasteiger partial charge is 0.311 e. The number of carbonyl (C=O) groups excluding carboxylic acids is 1. The Bertz CT molecular complexity index is 664. The lowest BCUT2D eigenvalue weighted by Crippen LogP contribution is -2.50. The standard InChI is InChI=1S/C18H20N2O/c21-18(13-10-14-6-2-7-15(11-13)20-14)16-8-1-4-12-5-3-9-19-17(12)16/h1,3-5,8-9,13-15,20H,2,6-7,10-11H2. The van der Waals surface area contributed by atoms with E-state index in [0.29, 0.717) is 12.1 Å². The highest BCUT2D eigenvalue weighted by molar-refractivity contribution is 6.07. The smallest absolute Gasteiger partial charge is 0.168 e. The van der Waals surface area contributed by atoms with E-state index in [2.05, 4.69) is 10.3 Å². The second-order valence-corrected chi connectivity index (χ2v) is 6.40. The zero-order valence-electron chi connectivity index (χ0n) is 12.1. The highest BCUT2D eigenvalue weighted by atomic mass is 16.1. The molecule has 1 aromatic carbocycles. The first-order valence-electron chi connectivity index (χ1n) is 7.95. The van der Waals surface area contributed by atoms with Crippen LogP contribution in [-0.4, -0.2) is 22.9 Å². The zero-order chi connectivity index (χ0) is 14.2. The van der Waals surface area contributed by atoms with Crippen molar-refractivity contribution in [3.05, 3.63) is 42.1 Å². The third-order valence-corrected chi connectivity index (χ3v) is 4.98. The number of rotatable bonds is 2. The van der Waals surface area contributed by atoms with Crippen LogP contribution in [0.3, 0.4) is 0 Å². The predicted octanol–water partition coefficient (Wildman–Crippen LogP) is 3.34. The molecule has 1 aromatic heterocycles. The van der Waals surface area contributed by atoms with E-state index in [4.69, 9.17) is 0 Å². The molecule has 2 unspecified atom stereocenters. The van der Waals surface area contributed by atoms with E-state index in [0.717, 1.165) is 29.3 Å². The molecule has 3 nitrogen and oxygen atoms in total. The van der Waals surface area contributed by atoms with Crippen molar-refractivity contribution in [3.8, 4) is 0 Å². The number of aromatic nitrogens is 1. The van der Waals surface area contributed by atoms with Gasteiger partial charge in [0.2, 0.25) is 0 Å². The van der Waals surface area contributed by atoms with Gasteiger partial charge in [-0.15, -0.1) is 0 Å². The van der Waals surface area contributed by atoms with Crippen molar-refractivity contribution in [2.45, 2.75) is 44.2 Å². The second-order valence-electron chi connectivity index (χ2n) is 6.40. The number of nitrogens with one attached hydrogen (secondary N) is 1. The number of para-hydroxylation sites is 1. The van der Waals surface area contributed by atoms with Gasteiger partial charge in [-0.25, -0.2) is 0 Å². The highest BCUT2D eigenvalue weighted by Gasteiger charge is 2.35. The monoisotopic (exact) mass is 280 g/mol. The maximum absolute atomic E-state index is 13.0. The Morgan fingerprint density at radius 2 is 1.86 bits per heavy atom. The molecule has 2 fully saturated rings. The fourth-order valence-electron chi connectivity index (χ4n) is 4.00. The van der Waals surface area contributed by atoms with Crippen molar-refractivity contribution >= 4 is 16.7 Å². The third kappa shape index (κ3) is 2.36. The van der Waals surface area contributed by atoms with Crippen LogP contribution in [0.2, 0.25) is 0 Å². The molecule has 21 heavy (non-hydrogen) atoms. The summed E-state index contributed by atoms with van der Waals surface area (Å²) < 4.78 is 0. The summed E-state index contributed by atoms with van der Waals surface area (Å²) in [6, 6.07) is 11.0. The van der Waals surface area contributed by atoms with Gasteiger partial charge in [-0.3, -0.25) is 9.78 Å². The van der Waals surface area contributed by atoms with Crippen LogP contribution in [0.5, 0.6) is 0 Å². The molecule has 2 bridgehead atoms. The van der Waals surface area contributed by atoms with Gasteiger partial charge in [0.25, 0.3) is 0 Å². The number of ketones is 1. The molecule has 0 amide bonds. The first-order valence-corrected chi connectivity index (χ1v) is 7.95. The molecule has 3 heteroatoms. The molecular formula is C18H20N2O. The van der Waals surface area contributed by atoms with Gasteiger partial charge in [0, 0.05) is 35.1 Å². The number of hydrogen-bond donors (Lipinski definition) is 1. The Morgan fingerprint density at radius 3 is 2.67 bits per heavy atom. The number of pyridine rings is 1. The van der Waals surface area contributed by atoms with E-state index >= 15 is 0 Å². The fourth-order valence-corrected chi connectivity index (χ4v) is 4.00. The third-order valence-electron chi connectivity index (χ3n) is 4.98. The molecule has 3 heterocycles. The summed E-state index contributed by atoms with van der Waals surface area (Å²) in [6.45, 7) is 0. The molecule has 0 aliphatic carbocycles. The van der Waals surface area contributed by atoms with Crippen molar-refractivity contribution in [2.75, 3.05) is 0 Å². The lowest BCUT2D eigenvalue weighted by molar-refractivity contribution is 0.0826. The van der Waals surface area contributed by atoms with Gasteiger partial charge in [-0.05, 0) is 37.8 Å². The second kappa shape index (κ2) is 5.23. The van der Waals surface area contributed by atoms with E-state index in [1.54, 1.807) is 6.20 Å². The minimum absolute atomic E-state index is 0.161. The molecule has 0 saturated carbocycles. The van der Waals surface area contributed by atoms with Crippen LogP contribution in [-0.2, 0) is 0 Å². The molecule has 0 radical (unpaired) electrons. The van der Waals surface area contributed by atoms with E-state index in [1.165, 1.54) is 19.3 Å². The quantitative estimate of drug-likeness (QED) is 0.858. The van der Waals surface area contributed by atoms with Crippen LogP contribution in [0.4, 0.5) is 0 Å². The average Bonchev–Trinajstić information content (AvgIpc) is 2.53. The molecular weight excluding hydrogens is 260 g/mol. The highest BCUT2D eigenvalue weighted by Crippen LogP contribution is 2.32. The van der Waals surface area contributed by atoms with Gasteiger partial charge in [-0.2, -0.15) is 0 Å². The lowest BCUT2D eigenvalue weighted by atomic mass is 9.77. The maximum atomic E-state index is 13.0. The lowest BCUT2D eigenvalue weighted by Gasteiger charge is -2.39. The van der Waals surface area contributed by atoms with Gasteiger partial charge in [0.15, 0.2) is 5.78 Å². The summed E-state index contributed by atoms with van der Waals surface area (Å²) in [4.78, 5) is 17.4. The van der Waals surface area contributed by atoms with Crippen LogP contribution < -0.4 is 5.32 Å². The molecule has 2 aliphatic heterocycles.